The van der Waals surface area contributed by atoms with E-state index in [1.165, 1.54) is 0 Å². The van der Waals surface area contributed by atoms with Gasteiger partial charge in [-0.2, -0.15) is 0 Å². The zero-order valence-electron chi connectivity index (χ0n) is 8.06. The highest BCUT2D eigenvalue weighted by Gasteiger charge is 2.27. The molecule has 0 radical (unpaired) electrons. The second-order valence-electron chi connectivity index (χ2n) is 2.97. The molecule has 0 saturated heterocycles. The predicted octanol–water partition coefficient (Wildman–Crippen LogP) is 2.32. The van der Waals surface area contributed by atoms with Crippen molar-refractivity contribution in [2.24, 2.45) is 0 Å². The minimum absolute atomic E-state index is 0.176. The minimum atomic E-state index is -3.08. The molecular weight excluding hydrogens is 306 g/mol. The van der Waals surface area contributed by atoms with Crippen LogP contribution in [0.5, 0.6) is 0 Å². The van der Waals surface area contributed by atoms with Crippen molar-refractivity contribution < 1.29 is 23.6 Å². The van der Waals surface area contributed by atoms with E-state index in [1.54, 1.807) is 0 Å². The number of aliphatic carboxylic acids is 1. The normalized spacial score (nSPS) is 10.6. The number of carboxylic acids is 1. The van der Waals surface area contributed by atoms with Gasteiger partial charge in [-0.3, -0.25) is 14.9 Å². The number of carbonyl (C=O) groups is 1. The van der Waals surface area contributed by atoms with Gasteiger partial charge < -0.3 is 5.11 Å². The van der Waals surface area contributed by atoms with E-state index in [2.05, 4.69) is 20.9 Å². The molecule has 9 heteroatoms. The van der Waals surface area contributed by atoms with E-state index in [-0.39, 0.29) is 5.69 Å². The number of carboxylic acid groups (broad SMARTS) is 1. The molecule has 0 atom stereocenters. The van der Waals surface area contributed by atoms with Crippen molar-refractivity contribution in [3.05, 3.63) is 32.0 Å². The van der Waals surface area contributed by atoms with Crippen LogP contribution in [0.3, 0.4) is 0 Å². The van der Waals surface area contributed by atoms with Crippen LogP contribution in [-0.2, 0) is 11.2 Å². The van der Waals surface area contributed by atoms with E-state index >= 15 is 0 Å². The Kier molecular flexibility index (Phi) is 4.05. The molecule has 0 aliphatic rings. The summed E-state index contributed by atoms with van der Waals surface area (Å²) in [4.78, 5) is 23.5. The highest BCUT2D eigenvalue weighted by Crippen LogP contribution is 2.34. The summed E-state index contributed by atoms with van der Waals surface area (Å²) in [6.07, 6.45) is -3.67. The molecule has 1 N–H and O–H groups in total. The van der Waals surface area contributed by atoms with E-state index < -0.39 is 39.6 Å². The van der Waals surface area contributed by atoms with E-state index in [4.69, 9.17) is 5.11 Å². The Morgan fingerprint density at radius 1 is 1.65 bits per heavy atom. The highest BCUT2D eigenvalue weighted by atomic mass is 79.9. The van der Waals surface area contributed by atoms with Crippen molar-refractivity contribution in [1.29, 1.82) is 0 Å². The summed E-state index contributed by atoms with van der Waals surface area (Å²) in [6.45, 7) is 0. The number of hydrogen-bond donors (Lipinski definition) is 1. The quantitative estimate of drug-likeness (QED) is 0.523. The molecule has 17 heavy (non-hydrogen) atoms. The Morgan fingerprint density at radius 2 is 2.24 bits per heavy atom. The van der Waals surface area contributed by atoms with Gasteiger partial charge in [0, 0.05) is 0 Å². The molecule has 0 saturated carbocycles. The molecule has 0 aliphatic carbocycles. The van der Waals surface area contributed by atoms with Gasteiger partial charge in [-0.1, -0.05) is 0 Å². The van der Waals surface area contributed by atoms with E-state index in [0.29, 0.717) is 0 Å². The van der Waals surface area contributed by atoms with E-state index in [0.717, 1.165) is 6.07 Å². The second kappa shape index (κ2) is 5.13. The maximum absolute atomic E-state index is 12.6. The summed E-state index contributed by atoms with van der Waals surface area (Å²) in [5.74, 6) is -1.27. The van der Waals surface area contributed by atoms with Crippen LogP contribution in [0.15, 0.2) is 10.7 Å². The average Bonchev–Trinajstić information content (AvgIpc) is 2.14. The number of halogens is 3. The summed E-state index contributed by atoms with van der Waals surface area (Å²) in [7, 11) is 0. The zero-order valence-corrected chi connectivity index (χ0v) is 9.65. The molecule has 0 aromatic carbocycles. The van der Waals surface area contributed by atoms with Crippen molar-refractivity contribution in [2.45, 2.75) is 12.8 Å². The van der Waals surface area contributed by atoms with Gasteiger partial charge in [-0.15, -0.1) is 0 Å². The average molecular weight is 311 g/mol. The Balaban J connectivity index is 3.35. The topological polar surface area (TPSA) is 93.3 Å². The molecule has 0 spiro atoms. The number of nitrogens with zero attached hydrogens (tertiary/aromatic N) is 2. The maximum Gasteiger partial charge on any atom is 0.310 e. The van der Waals surface area contributed by atoms with Crippen molar-refractivity contribution in [1.82, 2.24) is 4.98 Å². The van der Waals surface area contributed by atoms with Crippen molar-refractivity contribution in [3.63, 3.8) is 0 Å². The molecule has 1 aromatic rings. The fourth-order valence-electron chi connectivity index (χ4n) is 1.17. The Bertz CT molecular complexity index is 481. The van der Waals surface area contributed by atoms with Gasteiger partial charge in [0.15, 0.2) is 4.60 Å². The summed E-state index contributed by atoms with van der Waals surface area (Å²) in [6, 6.07) is 0.724. The molecule has 0 fully saturated rings. The molecule has 1 rings (SSSR count). The third-order valence-electron chi connectivity index (χ3n) is 1.78. The molecule has 1 aromatic heterocycles. The molecule has 0 amide bonds. The van der Waals surface area contributed by atoms with Gasteiger partial charge in [0.2, 0.25) is 0 Å². The number of alkyl halides is 2. The maximum atomic E-state index is 12.6. The lowest BCUT2D eigenvalue weighted by atomic mass is 10.1. The van der Waals surface area contributed by atoms with Gasteiger partial charge in [-0.05, 0) is 22.0 Å². The van der Waals surface area contributed by atoms with Gasteiger partial charge >= 0.3 is 11.7 Å². The number of aromatic nitrogens is 1. The van der Waals surface area contributed by atoms with E-state index in [1.807, 2.05) is 0 Å². The Labute approximate surface area is 102 Å². The van der Waals surface area contributed by atoms with Crippen LogP contribution < -0.4 is 0 Å². The van der Waals surface area contributed by atoms with Gasteiger partial charge in [0.25, 0.3) is 6.43 Å². The van der Waals surface area contributed by atoms with Crippen molar-refractivity contribution in [3.8, 4) is 0 Å². The van der Waals surface area contributed by atoms with Gasteiger partial charge in [-0.25, -0.2) is 13.8 Å². The lowest BCUT2D eigenvalue weighted by Gasteiger charge is -2.05. The summed E-state index contributed by atoms with van der Waals surface area (Å²) in [5, 5.41) is 19.1. The fraction of sp³-hybridized carbons (Fsp3) is 0.250. The summed E-state index contributed by atoms with van der Waals surface area (Å²) < 4.78 is 24.8. The number of hydrogen-bond acceptors (Lipinski definition) is 4. The molecule has 0 bridgehead atoms. The van der Waals surface area contributed by atoms with Crippen LogP contribution in [-0.4, -0.2) is 21.0 Å². The predicted molar refractivity (Wildman–Crippen MR) is 54.9 cm³/mol. The van der Waals surface area contributed by atoms with Crippen LogP contribution >= 0.6 is 15.9 Å². The number of pyridine rings is 1. The first-order chi connectivity index (χ1) is 7.82. The number of rotatable bonds is 4. The lowest BCUT2D eigenvalue weighted by molar-refractivity contribution is -0.387. The fourth-order valence-corrected chi connectivity index (χ4v) is 1.77. The van der Waals surface area contributed by atoms with Gasteiger partial charge in [0.1, 0.15) is 5.56 Å². The first-order valence-corrected chi connectivity index (χ1v) is 4.96. The monoisotopic (exact) mass is 310 g/mol. The van der Waals surface area contributed by atoms with Crippen LogP contribution in [0, 0.1) is 10.1 Å². The molecule has 0 aliphatic heterocycles. The van der Waals surface area contributed by atoms with Crippen LogP contribution in [0.1, 0.15) is 17.7 Å². The highest BCUT2D eigenvalue weighted by molar-refractivity contribution is 9.10. The van der Waals surface area contributed by atoms with Crippen LogP contribution in [0.25, 0.3) is 0 Å². The minimum Gasteiger partial charge on any atom is -0.481 e. The number of nitro groups is 1. The van der Waals surface area contributed by atoms with Crippen LogP contribution in [0.2, 0.25) is 0 Å². The molecule has 0 unspecified atom stereocenters. The third-order valence-corrected chi connectivity index (χ3v) is 2.34. The lowest BCUT2D eigenvalue weighted by Crippen LogP contribution is -2.06. The molecule has 6 nitrogen and oxygen atoms in total. The summed E-state index contributed by atoms with van der Waals surface area (Å²) >= 11 is 2.68. The Morgan fingerprint density at radius 3 is 2.65 bits per heavy atom. The standard InChI is InChI=1S/C8H5BrF2N2O4/c9-7-6(13(16)17)4(8(10)11)1-3(12-7)2-5(14)15/h1,8H,2H2,(H,14,15). The van der Waals surface area contributed by atoms with Gasteiger partial charge in [0.05, 0.1) is 17.0 Å². The third kappa shape index (κ3) is 3.16. The SMILES string of the molecule is O=C(O)Cc1cc(C(F)F)c([N+](=O)[O-])c(Br)n1. The van der Waals surface area contributed by atoms with E-state index in [9.17, 15) is 23.7 Å². The molecular formula is C8H5BrF2N2O4. The molecule has 92 valence electrons. The van der Waals surface area contributed by atoms with Crippen molar-refractivity contribution in [2.75, 3.05) is 0 Å². The Hall–Kier alpha value is -1.64. The first-order valence-electron chi connectivity index (χ1n) is 4.16. The first kappa shape index (κ1) is 13.4. The largest absolute Gasteiger partial charge is 0.481 e. The van der Waals surface area contributed by atoms with Crippen LogP contribution in [0.4, 0.5) is 14.5 Å². The van der Waals surface area contributed by atoms with Crippen molar-refractivity contribution >= 4 is 27.6 Å². The molecule has 1 heterocycles. The summed E-state index contributed by atoms with van der Waals surface area (Å²) in [5.41, 5.74) is -1.88. The zero-order chi connectivity index (χ0) is 13.2. The smallest absolute Gasteiger partial charge is 0.310 e. The second-order valence-corrected chi connectivity index (χ2v) is 3.72.